The van der Waals surface area contributed by atoms with Gasteiger partial charge in [-0.2, -0.15) is 4.98 Å². The van der Waals surface area contributed by atoms with E-state index in [0.717, 1.165) is 32.4 Å². The molecule has 2 rings (SSSR count). The Morgan fingerprint density at radius 3 is 3.00 bits per heavy atom. The fraction of sp³-hybridized carbons (Fsp3) is 0.462. The molecule has 0 aliphatic heterocycles. The third-order valence-corrected chi connectivity index (χ3v) is 2.88. The molecule has 0 amide bonds. The van der Waals surface area contributed by atoms with Crippen LogP contribution < -0.4 is 5.32 Å². The number of rotatable bonds is 8. The molecule has 1 N–H and O–H groups in total. The van der Waals surface area contributed by atoms with Gasteiger partial charge < -0.3 is 14.5 Å². The lowest BCUT2D eigenvalue weighted by Gasteiger charge is -2.01. The number of aromatic nitrogens is 1. The molecular weight excluding hydrogens is 262 g/mol. The van der Waals surface area contributed by atoms with Crippen LogP contribution >= 0.6 is 0 Å². The highest BCUT2D eigenvalue weighted by molar-refractivity contribution is 5.77. The lowest BCUT2D eigenvalue weighted by atomic mass is 10.2. The highest BCUT2D eigenvalue weighted by Crippen LogP contribution is 2.23. The summed E-state index contributed by atoms with van der Waals surface area (Å²) < 4.78 is 10.4. The Morgan fingerprint density at radius 2 is 2.25 bits per heavy atom. The van der Waals surface area contributed by atoms with Crippen LogP contribution in [0.2, 0.25) is 0 Å². The van der Waals surface area contributed by atoms with Crippen molar-refractivity contribution in [2.45, 2.75) is 19.3 Å². The number of anilines is 1. The molecule has 1 heterocycles. The van der Waals surface area contributed by atoms with Crippen molar-refractivity contribution in [1.82, 2.24) is 4.98 Å². The van der Waals surface area contributed by atoms with E-state index in [-0.39, 0.29) is 5.69 Å². The zero-order valence-corrected chi connectivity index (χ0v) is 11.3. The lowest BCUT2D eigenvalue weighted by molar-refractivity contribution is -0.384. The number of hydrogen-bond acceptors (Lipinski definition) is 6. The molecule has 7 heteroatoms. The first-order valence-corrected chi connectivity index (χ1v) is 6.48. The van der Waals surface area contributed by atoms with Gasteiger partial charge in [0.1, 0.15) is 5.52 Å². The standard InChI is InChI=1S/C13H17N3O4/c1-19-8-4-2-3-7-14-13-15-11-6-5-10(16(17)18)9-12(11)20-13/h5-6,9H,2-4,7-8H2,1H3,(H,14,15). The zero-order valence-electron chi connectivity index (χ0n) is 11.3. The number of hydrogen-bond donors (Lipinski definition) is 1. The van der Waals surface area contributed by atoms with Gasteiger partial charge in [-0.05, 0) is 25.3 Å². The van der Waals surface area contributed by atoms with Gasteiger partial charge in [0.15, 0.2) is 5.58 Å². The summed E-state index contributed by atoms with van der Waals surface area (Å²) >= 11 is 0. The first-order valence-electron chi connectivity index (χ1n) is 6.48. The average molecular weight is 279 g/mol. The predicted molar refractivity (Wildman–Crippen MR) is 74.9 cm³/mol. The van der Waals surface area contributed by atoms with Crippen molar-refractivity contribution in [2.75, 3.05) is 25.6 Å². The minimum absolute atomic E-state index is 0.000217. The summed E-state index contributed by atoms with van der Waals surface area (Å²) in [5.41, 5.74) is 1.03. The van der Waals surface area contributed by atoms with Gasteiger partial charge in [0.25, 0.3) is 11.7 Å². The largest absolute Gasteiger partial charge is 0.423 e. The highest BCUT2D eigenvalue weighted by atomic mass is 16.6. The minimum atomic E-state index is -0.454. The summed E-state index contributed by atoms with van der Waals surface area (Å²) in [6.07, 6.45) is 3.08. The molecule has 0 unspecified atom stereocenters. The molecule has 0 saturated heterocycles. The number of fused-ring (bicyclic) bond motifs is 1. The number of nitrogens with one attached hydrogen (secondary N) is 1. The number of benzene rings is 1. The molecule has 0 radical (unpaired) electrons. The number of ether oxygens (including phenoxy) is 1. The van der Waals surface area contributed by atoms with Crippen LogP contribution in [0.5, 0.6) is 0 Å². The Labute approximate surface area is 116 Å². The van der Waals surface area contributed by atoms with Crippen molar-refractivity contribution in [3.05, 3.63) is 28.3 Å². The summed E-state index contributed by atoms with van der Waals surface area (Å²) in [6, 6.07) is 4.78. The van der Waals surface area contributed by atoms with E-state index in [4.69, 9.17) is 9.15 Å². The van der Waals surface area contributed by atoms with E-state index in [9.17, 15) is 10.1 Å². The smallest absolute Gasteiger partial charge is 0.295 e. The second-order valence-electron chi connectivity index (χ2n) is 4.41. The molecule has 0 aliphatic carbocycles. The van der Waals surface area contributed by atoms with Gasteiger partial charge in [-0.1, -0.05) is 0 Å². The Hall–Kier alpha value is -2.15. The van der Waals surface area contributed by atoms with Gasteiger partial charge in [-0.3, -0.25) is 10.1 Å². The summed E-state index contributed by atoms with van der Waals surface area (Å²) in [4.78, 5) is 14.4. The molecule has 0 saturated carbocycles. The highest BCUT2D eigenvalue weighted by Gasteiger charge is 2.11. The van der Waals surface area contributed by atoms with Gasteiger partial charge in [0.05, 0.1) is 11.0 Å². The van der Waals surface area contributed by atoms with Gasteiger partial charge in [-0.15, -0.1) is 0 Å². The van der Waals surface area contributed by atoms with Crippen molar-refractivity contribution >= 4 is 22.8 Å². The van der Waals surface area contributed by atoms with Crippen molar-refractivity contribution in [1.29, 1.82) is 0 Å². The fourth-order valence-electron chi connectivity index (χ4n) is 1.85. The molecule has 0 aliphatic rings. The Balaban J connectivity index is 1.89. The molecule has 0 spiro atoms. The molecule has 0 atom stereocenters. The van der Waals surface area contributed by atoms with Crippen LogP contribution in [-0.4, -0.2) is 30.2 Å². The second kappa shape index (κ2) is 6.85. The predicted octanol–water partition coefficient (Wildman–Crippen LogP) is 2.96. The maximum absolute atomic E-state index is 10.7. The van der Waals surface area contributed by atoms with Crippen LogP contribution in [-0.2, 0) is 4.74 Å². The van der Waals surface area contributed by atoms with Gasteiger partial charge in [0.2, 0.25) is 0 Å². The van der Waals surface area contributed by atoms with Crippen molar-refractivity contribution < 1.29 is 14.1 Å². The summed E-state index contributed by atoms with van der Waals surface area (Å²) in [7, 11) is 1.69. The molecular formula is C13H17N3O4. The fourth-order valence-corrected chi connectivity index (χ4v) is 1.85. The quantitative estimate of drug-likeness (QED) is 0.454. The minimum Gasteiger partial charge on any atom is -0.423 e. The van der Waals surface area contributed by atoms with E-state index in [1.807, 2.05) is 0 Å². The van der Waals surface area contributed by atoms with Gasteiger partial charge >= 0.3 is 0 Å². The maximum Gasteiger partial charge on any atom is 0.295 e. The van der Waals surface area contributed by atoms with Crippen LogP contribution in [0.1, 0.15) is 19.3 Å². The SMILES string of the molecule is COCCCCCNc1nc2ccc([N+](=O)[O-])cc2o1. The molecule has 0 fully saturated rings. The number of nitro groups is 1. The van der Waals surface area contributed by atoms with E-state index in [2.05, 4.69) is 10.3 Å². The lowest BCUT2D eigenvalue weighted by Crippen LogP contribution is -2.02. The zero-order chi connectivity index (χ0) is 14.4. The van der Waals surface area contributed by atoms with E-state index < -0.39 is 4.92 Å². The molecule has 1 aromatic heterocycles. The first-order chi connectivity index (χ1) is 9.70. The molecule has 7 nitrogen and oxygen atoms in total. The topological polar surface area (TPSA) is 90.4 Å². The Morgan fingerprint density at radius 1 is 1.40 bits per heavy atom. The molecule has 1 aromatic carbocycles. The third-order valence-electron chi connectivity index (χ3n) is 2.88. The summed E-state index contributed by atoms with van der Waals surface area (Å²) in [5.74, 6) is 0. The second-order valence-corrected chi connectivity index (χ2v) is 4.41. The van der Waals surface area contributed by atoms with E-state index in [0.29, 0.717) is 17.1 Å². The van der Waals surface area contributed by atoms with E-state index in [1.54, 1.807) is 13.2 Å². The van der Waals surface area contributed by atoms with E-state index in [1.165, 1.54) is 12.1 Å². The monoisotopic (exact) mass is 279 g/mol. The number of nitro benzene ring substituents is 1. The summed E-state index contributed by atoms with van der Waals surface area (Å²) in [5, 5.41) is 13.7. The Bertz CT molecular complexity index is 582. The van der Waals surface area contributed by atoms with Crippen LogP contribution in [0.15, 0.2) is 22.6 Å². The number of nitrogens with zero attached hydrogens (tertiary/aromatic N) is 2. The van der Waals surface area contributed by atoms with Crippen molar-refractivity contribution in [2.24, 2.45) is 0 Å². The third kappa shape index (κ3) is 3.67. The van der Waals surface area contributed by atoms with Gasteiger partial charge in [-0.25, -0.2) is 0 Å². The number of oxazole rings is 1. The van der Waals surface area contributed by atoms with Crippen LogP contribution in [0, 0.1) is 10.1 Å². The number of methoxy groups -OCH3 is 1. The molecule has 2 aromatic rings. The average Bonchev–Trinajstić information content (AvgIpc) is 2.84. The van der Waals surface area contributed by atoms with Crippen molar-refractivity contribution in [3.8, 4) is 0 Å². The normalized spacial score (nSPS) is 10.8. The first kappa shape index (κ1) is 14.3. The Kier molecular flexibility index (Phi) is 4.89. The number of non-ortho nitro benzene ring substituents is 1. The number of unbranched alkanes of at least 4 members (excludes halogenated alkanes) is 2. The maximum atomic E-state index is 10.7. The van der Waals surface area contributed by atoms with Crippen LogP contribution in [0.3, 0.4) is 0 Å². The van der Waals surface area contributed by atoms with Crippen LogP contribution in [0.25, 0.3) is 11.1 Å². The molecule has 20 heavy (non-hydrogen) atoms. The van der Waals surface area contributed by atoms with E-state index >= 15 is 0 Å². The molecule has 108 valence electrons. The van der Waals surface area contributed by atoms with Gasteiger partial charge in [0, 0.05) is 26.3 Å². The van der Waals surface area contributed by atoms with Crippen LogP contribution in [0.4, 0.5) is 11.7 Å². The summed E-state index contributed by atoms with van der Waals surface area (Å²) in [6.45, 7) is 1.52. The van der Waals surface area contributed by atoms with Crippen molar-refractivity contribution in [3.63, 3.8) is 0 Å². The molecule has 0 bridgehead atoms.